The lowest BCUT2D eigenvalue weighted by molar-refractivity contribution is -0.0935. The van der Waals surface area contributed by atoms with E-state index in [9.17, 15) is 0 Å². The van der Waals surface area contributed by atoms with E-state index in [0.29, 0.717) is 19.6 Å². The summed E-state index contributed by atoms with van der Waals surface area (Å²) < 4.78 is 16.6. The molecule has 184 valence electrons. The zero-order chi connectivity index (χ0) is 24.9. The molecule has 0 saturated heterocycles. The molecule has 2 atom stereocenters. The molecule has 6 aromatic rings. The normalized spacial score (nSPS) is 13.2. The summed E-state index contributed by atoms with van der Waals surface area (Å²) in [6, 6.07) is 35.9. The molecule has 0 fully saturated rings. The Morgan fingerprint density at radius 2 is 0.919 bits per heavy atom. The first-order chi connectivity index (χ1) is 18.3. The molecule has 4 aromatic carbocycles. The van der Waals surface area contributed by atoms with Gasteiger partial charge in [-0.05, 0) is 35.4 Å². The SMILES string of the molecule is c1ccc(CO[C@@H](C[C@H](OCc2ccccc2)n2nnc3ccccc32)n2nnc3ccccc32)cc1. The second-order valence-corrected chi connectivity index (χ2v) is 8.78. The minimum Gasteiger partial charge on any atom is -0.352 e. The molecule has 0 bridgehead atoms. The van der Waals surface area contributed by atoms with Gasteiger partial charge in [0.05, 0.1) is 24.2 Å². The highest BCUT2D eigenvalue weighted by atomic mass is 16.5. The fourth-order valence-electron chi connectivity index (χ4n) is 4.38. The van der Waals surface area contributed by atoms with E-state index in [2.05, 4.69) is 20.6 Å². The van der Waals surface area contributed by atoms with Gasteiger partial charge in [0.15, 0.2) is 12.5 Å². The highest BCUT2D eigenvalue weighted by Gasteiger charge is 2.26. The van der Waals surface area contributed by atoms with Crippen molar-refractivity contribution in [3.8, 4) is 0 Å². The second kappa shape index (κ2) is 10.7. The van der Waals surface area contributed by atoms with Crippen molar-refractivity contribution in [1.82, 2.24) is 30.0 Å². The van der Waals surface area contributed by atoms with Crippen molar-refractivity contribution in [3.63, 3.8) is 0 Å². The summed E-state index contributed by atoms with van der Waals surface area (Å²) in [6.45, 7) is 0.840. The maximum atomic E-state index is 6.49. The van der Waals surface area contributed by atoms with Crippen molar-refractivity contribution >= 4 is 22.1 Å². The van der Waals surface area contributed by atoms with Gasteiger partial charge < -0.3 is 9.47 Å². The van der Waals surface area contributed by atoms with Crippen molar-refractivity contribution in [2.45, 2.75) is 32.1 Å². The third kappa shape index (κ3) is 5.11. The predicted molar refractivity (Wildman–Crippen MR) is 140 cm³/mol. The third-order valence-corrected chi connectivity index (χ3v) is 6.27. The molecule has 8 heteroatoms. The molecule has 0 amide bonds. The van der Waals surface area contributed by atoms with E-state index >= 15 is 0 Å². The van der Waals surface area contributed by atoms with Crippen LogP contribution in [0.25, 0.3) is 22.1 Å². The average Bonchev–Trinajstić information content (AvgIpc) is 3.59. The molecule has 2 heterocycles. The number of hydrogen-bond donors (Lipinski definition) is 0. The van der Waals surface area contributed by atoms with Gasteiger partial charge in [-0.3, -0.25) is 0 Å². The van der Waals surface area contributed by atoms with Crippen LogP contribution >= 0.6 is 0 Å². The predicted octanol–water partition coefficient (Wildman–Crippen LogP) is 5.70. The maximum absolute atomic E-state index is 6.49. The summed E-state index contributed by atoms with van der Waals surface area (Å²) in [5.41, 5.74) is 5.55. The van der Waals surface area contributed by atoms with Gasteiger partial charge in [0, 0.05) is 6.42 Å². The van der Waals surface area contributed by atoms with Crippen molar-refractivity contribution in [2.75, 3.05) is 0 Å². The maximum Gasteiger partial charge on any atom is 0.157 e. The molecule has 8 nitrogen and oxygen atoms in total. The molecule has 0 aliphatic carbocycles. The number of ether oxygens (including phenoxy) is 2. The van der Waals surface area contributed by atoms with E-state index in [1.807, 2.05) is 119 Å². The van der Waals surface area contributed by atoms with E-state index in [-0.39, 0.29) is 0 Å². The van der Waals surface area contributed by atoms with Crippen LogP contribution in [-0.2, 0) is 22.7 Å². The van der Waals surface area contributed by atoms with Gasteiger partial charge in [0.25, 0.3) is 0 Å². The van der Waals surface area contributed by atoms with Crippen LogP contribution < -0.4 is 0 Å². The molecular formula is C29H26N6O2. The third-order valence-electron chi connectivity index (χ3n) is 6.27. The Labute approximate surface area is 214 Å². The first-order valence-electron chi connectivity index (χ1n) is 12.3. The zero-order valence-corrected chi connectivity index (χ0v) is 20.2. The van der Waals surface area contributed by atoms with E-state index in [4.69, 9.17) is 9.47 Å². The molecule has 0 aliphatic heterocycles. The molecule has 0 saturated carbocycles. The Hall–Kier alpha value is -4.40. The zero-order valence-electron chi connectivity index (χ0n) is 20.2. The molecule has 0 aliphatic rings. The highest BCUT2D eigenvalue weighted by Crippen LogP contribution is 2.30. The highest BCUT2D eigenvalue weighted by molar-refractivity contribution is 5.74. The van der Waals surface area contributed by atoms with Gasteiger partial charge in [0.1, 0.15) is 11.0 Å². The number of rotatable bonds is 10. The number of aromatic nitrogens is 6. The van der Waals surface area contributed by atoms with Gasteiger partial charge >= 0.3 is 0 Å². The number of para-hydroxylation sites is 2. The Bertz CT molecular complexity index is 1460. The minimum atomic E-state index is -0.462. The second-order valence-electron chi connectivity index (χ2n) is 8.78. The lowest BCUT2D eigenvalue weighted by Crippen LogP contribution is -2.23. The summed E-state index contributed by atoms with van der Waals surface area (Å²) in [7, 11) is 0. The molecule has 6 rings (SSSR count). The Morgan fingerprint density at radius 1 is 0.514 bits per heavy atom. The fraction of sp³-hybridized carbons (Fsp3) is 0.172. The lowest BCUT2D eigenvalue weighted by Gasteiger charge is -2.25. The van der Waals surface area contributed by atoms with Gasteiger partial charge in [0.2, 0.25) is 0 Å². The molecule has 0 unspecified atom stereocenters. The van der Waals surface area contributed by atoms with Crippen LogP contribution in [0.5, 0.6) is 0 Å². The minimum absolute atomic E-state index is 0.420. The number of nitrogens with zero attached hydrogens (tertiary/aromatic N) is 6. The average molecular weight is 491 g/mol. The Kier molecular flexibility index (Phi) is 6.66. The van der Waals surface area contributed by atoms with Crippen LogP contribution in [0.4, 0.5) is 0 Å². The van der Waals surface area contributed by atoms with Gasteiger partial charge in [-0.25, -0.2) is 9.36 Å². The van der Waals surface area contributed by atoms with Crippen molar-refractivity contribution in [1.29, 1.82) is 0 Å². The molecule has 0 spiro atoms. The molecule has 0 N–H and O–H groups in total. The first-order valence-corrected chi connectivity index (χ1v) is 12.3. The summed E-state index contributed by atoms with van der Waals surface area (Å²) in [5, 5.41) is 17.7. The van der Waals surface area contributed by atoms with Crippen LogP contribution in [0.15, 0.2) is 109 Å². The summed E-state index contributed by atoms with van der Waals surface area (Å²) in [4.78, 5) is 0. The molecule has 2 aromatic heterocycles. The standard InChI is InChI=1S/C29H26N6O2/c1-3-11-22(12-4-1)20-36-28(34-26-17-9-7-15-24(26)30-32-34)19-29(37-21-23-13-5-2-6-14-23)35-27-18-10-8-16-25(27)31-33-35/h1-18,28-29H,19-21H2/t28-,29-/m0/s1. The number of hydrogen-bond acceptors (Lipinski definition) is 6. The topological polar surface area (TPSA) is 79.9 Å². The van der Waals surface area contributed by atoms with Crippen LogP contribution in [0, 0.1) is 0 Å². The molecule has 37 heavy (non-hydrogen) atoms. The Balaban J connectivity index is 1.35. The van der Waals surface area contributed by atoms with Crippen molar-refractivity contribution in [2.24, 2.45) is 0 Å². The lowest BCUT2D eigenvalue weighted by atomic mass is 10.2. The molecular weight excluding hydrogens is 464 g/mol. The molecule has 0 radical (unpaired) electrons. The van der Waals surface area contributed by atoms with E-state index in [1.54, 1.807) is 0 Å². The van der Waals surface area contributed by atoms with Crippen molar-refractivity contribution < 1.29 is 9.47 Å². The van der Waals surface area contributed by atoms with Crippen LogP contribution in [0.2, 0.25) is 0 Å². The van der Waals surface area contributed by atoms with Gasteiger partial charge in [-0.1, -0.05) is 95.4 Å². The van der Waals surface area contributed by atoms with Gasteiger partial charge in [-0.2, -0.15) is 0 Å². The first kappa shape index (κ1) is 23.0. The summed E-state index contributed by atoms with van der Waals surface area (Å²) in [5.74, 6) is 0. The Morgan fingerprint density at radius 3 is 1.38 bits per heavy atom. The summed E-state index contributed by atoms with van der Waals surface area (Å²) in [6.07, 6.45) is -0.479. The fourth-order valence-corrected chi connectivity index (χ4v) is 4.38. The number of benzene rings is 4. The van der Waals surface area contributed by atoms with Crippen LogP contribution in [0.3, 0.4) is 0 Å². The summed E-state index contributed by atoms with van der Waals surface area (Å²) >= 11 is 0. The monoisotopic (exact) mass is 490 g/mol. The smallest absolute Gasteiger partial charge is 0.157 e. The van der Waals surface area contributed by atoms with Crippen molar-refractivity contribution in [3.05, 3.63) is 120 Å². The largest absolute Gasteiger partial charge is 0.352 e. The van der Waals surface area contributed by atoms with Crippen LogP contribution in [-0.4, -0.2) is 30.0 Å². The van der Waals surface area contributed by atoms with E-state index in [0.717, 1.165) is 33.2 Å². The van der Waals surface area contributed by atoms with E-state index < -0.39 is 12.5 Å². The van der Waals surface area contributed by atoms with Gasteiger partial charge in [-0.15, -0.1) is 10.2 Å². The number of fused-ring (bicyclic) bond motifs is 2. The van der Waals surface area contributed by atoms with Crippen LogP contribution in [0.1, 0.15) is 30.0 Å². The van der Waals surface area contributed by atoms with E-state index in [1.165, 1.54) is 0 Å². The quantitative estimate of drug-likeness (QED) is 0.245.